The predicted octanol–water partition coefficient (Wildman–Crippen LogP) is 4.48. The van der Waals surface area contributed by atoms with E-state index in [2.05, 4.69) is 17.2 Å². The molecule has 0 aliphatic rings. The normalized spacial score (nSPS) is 10.5. The third-order valence-corrected chi connectivity index (χ3v) is 4.15. The summed E-state index contributed by atoms with van der Waals surface area (Å²) in [5.74, 6) is -1.38. The largest absolute Gasteiger partial charge is 0.364 e. The van der Waals surface area contributed by atoms with E-state index in [4.69, 9.17) is 0 Å². The van der Waals surface area contributed by atoms with E-state index in [9.17, 15) is 19.7 Å². The summed E-state index contributed by atoms with van der Waals surface area (Å²) in [6.07, 6.45) is 10.6. The summed E-state index contributed by atoms with van der Waals surface area (Å²) in [5.41, 5.74) is 0.431. The molecule has 0 aromatic carbocycles. The zero-order valence-corrected chi connectivity index (χ0v) is 15.8. The molecule has 0 atom stereocenters. The Kier molecular flexibility index (Phi) is 10.1. The van der Waals surface area contributed by atoms with E-state index in [1.165, 1.54) is 44.6 Å². The second-order valence-electron chi connectivity index (χ2n) is 6.57. The van der Waals surface area contributed by atoms with E-state index in [0.29, 0.717) is 5.69 Å². The molecular weight excluding hydrogens is 334 g/mol. The molecule has 1 heterocycles. The molecule has 0 aliphatic carbocycles. The molecule has 0 aliphatic heterocycles. The van der Waals surface area contributed by atoms with Crippen LogP contribution in [0.1, 0.15) is 87.2 Å². The Bertz CT molecular complexity index is 617. The number of hydrogen-bond acceptors (Lipinski definition) is 5. The lowest BCUT2D eigenvalue weighted by atomic mass is 10.1. The first-order chi connectivity index (χ1) is 12.4. The van der Waals surface area contributed by atoms with Gasteiger partial charge in [0.15, 0.2) is 5.69 Å². The number of unbranched alkanes of at least 4 members (excludes halogenated alkanes) is 8. The van der Waals surface area contributed by atoms with Crippen LogP contribution in [-0.4, -0.2) is 21.7 Å². The Morgan fingerprint density at radius 2 is 1.62 bits per heavy atom. The Labute approximate surface area is 154 Å². The Morgan fingerprint density at radius 3 is 2.19 bits per heavy atom. The van der Waals surface area contributed by atoms with Crippen LogP contribution < -0.4 is 5.32 Å². The van der Waals surface area contributed by atoms with Crippen molar-refractivity contribution >= 4 is 17.6 Å². The zero-order valence-electron chi connectivity index (χ0n) is 15.8. The van der Waals surface area contributed by atoms with Gasteiger partial charge < -0.3 is 10.1 Å². The number of carbonyl (C=O) groups is 2. The number of imide groups is 1. The summed E-state index contributed by atoms with van der Waals surface area (Å²) >= 11 is 0. The highest BCUT2D eigenvalue weighted by Gasteiger charge is 2.17. The molecule has 144 valence electrons. The Hall–Kier alpha value is -2.31. The molecule has 2 amide bonds. The second-order valence-corrected chi connectivity index (χ2v) is 6.57. The third-order valence-electron chi connectivity index (χ3n) is 4.15. The Morgan fingerprint density at radius 1 is 1.04 bits per heavy atom. The van der Waals surface area contributed by atoms with Gasteiger partial charge in [-0.1, -0.05) is 58.3 Å². The summed E-state index contributed by atoms with van der Waals surface area (Å²) < 4.78 is 0. The minimum absolute atomic E-state index is 0.0737. The van der Waals surface area contributed by atoms with Crippen molar-refractivity contribution in [1.82, 2.24) is 10.3 Å². The Balaban J connectivity index is 2.27. The van der Waals surface area contributed by atoms with E-state index < -0.39 is 16.6 Å². The van der Waals surface area contributed by atoms with Gasteiger partial charge in [0, 0.05) is 19.4 Å². The molecule has 1 rings (SSSR count). The molecule has 0 bridgehead atoms. The summed E-state index contributed by atoms with van der Waals surface area (Å²) in [7, 11) is 0. The van der Waals surface area contributed by atoms with Gasteiger partial charge in [0.25, 0.3) is 5.91 Å². The zero-order chi connectivity index (χ0) is 19.4. The lowest BCUT2D eigenvalue weighted by molar-refractivity contribution is -0.389. The quantitative estimate of drug-likeness (QED) is 0.335. The van der Waals surface area contributed by atoms with Crippen molar-refractivity contribution in [2.75, 3.05) is 0 Å². The standard InChI is InChI=1S/C19H29N3O4/c1-3-4-5-6-7-8-9-10-11-12-18(23)21-19(24)16-13-15(2)20-17(14-16)22(25)26/h13-14H,3-12H2,1-2H3,(H,21,23,24). The molecule has 1 aromatic heterocycles. The number of nitro groups is 1. The highest BCUT2D eigenvalue weighted by Crippen LogP contribution is 2.13. The van der Waals surface area contributed by atoms with Crippen LogP contribution in [0.15, 0.2) is 12.1 Å². The summed E-state index contributed by atoms with van der Waals surface area (Å²) in [5, 5.41) is 13.1. The monoisotopic (exact) mass is 363 g/mol. The van der Waals surface area contributed by atoms with Crippen molar-refractivity contribution in [3.05, 3.63) is 33.5 Å². The average molecular weight is 363 g/mol. The number of pyridine rings is 1. The van der Waals surface area contributed by atoms with Crippen LogP contribution in [-0.2, 0) is 4.79 Å². The maximum absolute atomic E-state index is 12.1. The molecule has 1 aromatic rings. The number of rotatable bonds is 12. The number of aromatic nitrogens is 1. The molecular formula is C19H29N3O4. The molecule has 0 unspecified atom stereocenters. The molecule has 7 heteroatoms. The maximum atomic E-state index is 12.1. The summed E-state index contributed by atoms with van der Waals surface area (Å²) in [6.45, 7) is 3.76. The van der Waals surface area contributed by atoms with Gasteiger partial charge in [-0.05, 0) is 22.4 Å². The fourth-order valence-electron chi connectivity index (χ4n) is 2.73. The summed E-state index contributed by atoms with van der Waals surface area (Å²) in [4.78, 5) is 37.8. The van der Waals surface area contributed by atoms with Crippen molar-refractivity contribution in [2.24, 2.45) is 0 Å². The van der Waals surface area contributed by atoms with Gasteiger partial charge in [0.2, 0.25) is 5.91 Å². The van der Waals surface area contributed by atoms with Crippen LogP contribution in [0.4, 0.5) is 5.82 Å². The van der Waals surface area contributed by atoms with Crippen LogP contribution in [0.25, 0.3) is 0 Å². The smallest absolute Gasteiger partial charge is 0.358 e. The van der Waals surface area contributed by atoms with Crippen molar-refractivity contribution in [3.63, 3.8) is 0 Å². The molecule has 26 heavy (non-hydrogen) atoms. The van der Waals surface area contributed by atoms with Gasteiger partial charge in [-0.25, -0.2) is 0 Å². The number of hydrogen-bond donors (Lipinski definition) is 1. The highest BCUT2D eigenvalue weighted by molar-refractivity contribution is 6.04. The lowest BCUT2D eigenvalue weighted by Crippen LogP contribution is -2.30. The minimum Gasteiger partial charge on any atom is -0.358 e. The van der Waals surface area contributed by atoms with Crippen molar-refractivity contribution in [3.8, 4) is 0 Å². The minimum atomic E-state index is -0.659. The van der Waals surface area contributed by atoms with Gasteiger partial charge in [0.1, 0.15) is 0 Å². The van der Waals surface area contributed by atoms with Crippen LogP contribution >= 0.6 is 0 Å². The molecule has 0 fully saturated rings. The topological polar surface area (TPSA) is 102 Å². The molecule has 0 saturated heterocycles. The van der Waals surface area contributed by atoms with E-state index in [0.717, 1.165) is 25.3 Å². The molecule has 0 radical (unpaired) electrons. The fraction of sp³-hybridized carbons (Fsp3) is 0.632. The van der Waals surface area contributed by atoms with Crippen molar-refractivity contribution < 1.29 is 14.5 Å². The van der Waals surface area contributed by atoms with Crippen molar-refractivity contribution in [1.29, 1.82) is 0 Å². The number of aryl methyl sites for hydroxylation is 1. The van der Waals surface area contributed by atoms with Gasteiger partial charge in [0.05, 0.1) is 5.56 Å². The van der Waals surface area contributed by atoms with Crippen LogP contribution in [0, 0.1) is 17.0 Å². The van der Waals surface area contributed by atoms with Crippen LogP contribution in [0.2, 0.25) is 0 Å². The van der Waals surface area contributed by atoms with Gasteiger partial charge in [-0.15, -0.1) is 0 Å². The number of carbonyl (C=O) groups excluding carboxylic acids is 2. The molecule has 7 nitrogen and oxygen atoms in total. The van der Waals surface area contributed by atoms with E-state index in [-0.39, 0.29) is 17.9 Å². The van der Waals surface area contributed by atoms with Gasteiger partial charge in [-0.3, -0.25) is 14.9 Å². The van der Waals surface area contributed by atoms with Crippen LogP contribution in [0.3, 0.4) is 0 Å². The number of nitrogens with one attached hydrogen (secondary N) is 1. The first kappa shape index (κ1) is 21.7. The number of nitrogens with zero attached hydrogens (tertiary/aromatic N) is 2. The number of amides is 2. The van der Waals surface area contributed by atoms with E-state index in [1.807, 2.05) is 0 Å². The van der Waals surface area contributed by atoms with Gasteiger partial charge >= 0.3 is 5.82 Å². The lowest BCUT2D eigenvalue weighted by Gasteiger charge is -2.05. The fourth-order valence-corrected chi connectivity index (χ4v) is 2.73. The highest BCUT2D eigenvalue weighted by atomic mass is 16.6. The van der Waals surface area contributed by atoms with E-state index in [1.54, 1.807) is 6.92 Å². The summed E-state index contributed by atoms with van der Waals surface area (Å²) in [6, 6.07) is 2.50. The average Bonchev–Trinajstić information content (AvgIpc) is 2.59. The van der Waals surface area contributed by atoms with E-state index >= 15 is 0 Å². The maximum Gasteiger partial charge on any atom is 0.364 e. The first-order valence-electron chi connectivity index (χ1n) is 9.41. The van der Waals surface area contributed by atoms with Crippen LogP contribution in [0.5, 0.6) is 0 Å². The first-order valence-corrected chi connectivity index (χ1v) is 9.41. The SMILES string of the molecule is CCCCCCCCCCCC(=O)NC(=O)c1cc(C)nc([N+](=O)[O-])c1. The molecule has 0 saturated carbocycles. The van der Waals surface area contributed by atoms with Gasteiger partial charge in [-0.2, -0.15) is 0 Å². The second kappa shape index (κ2) is 12.1. The predicted molar refractivity (Wildman–Crippen MR) is 99.9 cm³/mol. The van der Waals surface area contributed by atoms with Crippen molar-refractivity contribution in [2.45, 2.75) is 78.1 Å². The molecule has 0 spiro atoms. The third kappa shape index (κ3) is 8.69. The molecule has 1 N–H and O–H groups in total.